The molecule has 0 aliphatic heterocycles. The van der Waals surface area contributed by atoms with Gasteiger partial charge < -0.3 is 10.2 Å². The van der Waals surface area contributed by atoms with Crippen molar-refractivity contribution in [1.29, 1.82) is 0 Å². The van der Waals surface area contributed by atoms with Gasteiger partial charge in [-0.2, -0.15) is 0 Å². The largest absolute Gasteiger partial charge is 0.540 e. The lowest BCUT2D eigenvalue weighted by atomic mass is 10.2. The highest BCUT2D eigenvalue weighted by Gasteiger charge is 2.40. The molecule has 0 saturated carbocycles. The summed E-state index contributed by atoms with van der Waals surface area (Å²) in [6, 6.07) is 2.46. The zero-order chi connectivity index (χ0) is 14.1. The quantitative estimate of drug-likeness (QED) is 0.850. The number of nitrogens with two attached hydrogens (primary N) is 1. The SMILES string of the molecule is CC(C)(C)[Si](C)(C)Oc1c(F)cc(CN)cc1F. The Bertz CT molecular complexity index is 418. The first-order valence-corrected chi connectivity index (χ1v) is 8.86. The van der Waals surface area contributed by atoms with Gasteiger partial charge in [-0.25, -0.2) is 8.78 Å². The van der Waals surface area contributed by atoms with E-state index in [1.807, 2.05) is 33.9 Å². The molecule has 2 nitrogen and oxygen atoms in total. The summed E-state index contributed by atoms with van der Waals surface area (Å²) in [5, 5.41) is -0.113. The molecule has 2 N–H and O–H groups in total. The molecule has 0 amide bonds. The third-order valence-corrected chi connectivity index (χ3v) is 7.78. The maximum Gasteiger partial charge on any atom is 0.250 e. The van der Waals surface area contributed by atoms with Gasteiger partial charge in [0.05, 0.1) is 0 Å². The number of hydrogen-bond acceptors (Lipinski definition) is 2. The van der Waals surface area contributed by atoms with Crippen molar-refractivity contribution in [3.8, 4) is 5.75 Å². The second kappa shape index (κ2) is 4.97. The van der Waals surface area contributed by atoms with Crippen LogP contribution in [-0.2, 0) is 6.54 Å². The average Bonchev–Trinajstić information content (AvgIpc) is 2.21. The monoisotopic (exact) mass is 273 g/mol. The maximum absolute atomic E-state index is 13.8. The fourth-order valence-electron chi connectivity index (χ4n) is 1.24. The maximum atomic E-state index is 13.8. The molecular formula is C13H21F2NOSi. The summed E-state index contributed by atoms with van der Waals surface area (Å²) in [5.41, 5.74) is 5.79. The van der Waals surface area contributed by atoms with Crippen molar-refractivity contribution in [2.45, 2.75) is 45.4 Å². The van der Waals surface area contributed by atoms with Gasteiger partial charge in [0.2, 0.25) is 0 Å². The molecule has 0 aliphatic carbocycles. The molecule has 0 spiro atoms. The van der Waals surface area contributed by atoms with Crippen molar-refractivity contribution < 1.29 is 13.2 Å². The Balaban J connectivity index is 3.13. The van der Waals surface area contributed by atoms with Crippen molar-refractivity contribution in [2.24, 2.45) is 5.73 Å². The summed E-state index contributed by atoms with van der Waals surface area (Å²) < 4.78 is 33.3. The summed E-state index contributed by atoms with van der Waals surface area (Å²) in [6.07, 6.45) is 0. The van der Waals surface area contributed by atoms with Crippen molar-refractivity contribution in [3.05, 3.63) is 29.3 Å². The molecule has 0 aliphatic rings. The molecule has 5 heteroatoms. The van der Waals surface area contributed by atoms with E-state index < -0.39 is 20.0 Å². The van der Waals surface area contributed by atoms with E-state index in [4.69, 9.17) is 10.2 Å². The number of benzene rings is 1. The Morgan fingerprint density at radius 2 is 1.61 bits per heavy atom. The van der Waals surface area contributed by atoms with Gasteiger partial charge >= 0.3 is 0 Å². The van der Waals surface area contributed by atoms with Crippen LogP contribution in [0.5, 0.6) is 5.75 Å². The molecule has 0 aromatic heterocycles. The van der Waals surface area contributed by atoms with Crippen LogP contribution in [0.2, 0.25) is 18.1 Å². The Kier molecular flexibility index (Phi) is 4.18. The normalized spacial score (nSPS) is 12.7. The lowest BCUT2D eigenvalue weighted by Crippen LogP contribution is -2.44. The van der Waals surface area contributed by atoms with Gasteiger partial charge in [0.25, 0.3) is 8.32 Å². The van der Waals surface area contributed by atoms with Gasteiger partial charge in [0.1, 0.15) is 0 Å². The Morgan fingerprint density at radius 3 is 1.94 bits per heavy atom. The zero-order valence-corrected chi connectivity index (χ0v) is 12.6. The van der Waals surface area contributed by atoms with Gasteiger partial charge in [0.15, 0.2) is 17.4 Å². The zero-order valence-electron chi connectivity index (χ0n) is 11.6. The molecule has 0 unspecified atom stereocenters. The average molecular weight is 273 g/mol. The van der Waals surface area contributed by atoms with Crippen LogP contribution in [-0.4, -0.2) is 8.32 Å². The minimum absolute atomic E-state index is 0.105. The first-order chi connectivity index (χ1) is 8.08. The molecule has 1 aromatic carbocycles. The first-order valence-electron chi connectivity index (χ1n) is 5.95. The summed E-state index contributed by atoms with van der Waals surface area (Å²) in [6.45, 7) is 10.1. The number of halogens is 2. The van der Waals surface area contributed by atoms with Crippen molar-refractivity contribution >= 4 is 8.32 Å². The minimum atomic E-state index is -2.25. The molecule has 0 bridgehead atoms. The van der Waals surface area contributed by atoms with E-state index in [0.717, 1.165) is 0 Å². The molecule has 1 aromatic rings. The van der Waals surface area contributed by atoms with Crippen LogP contribution in [0.1, 0.15) is 26.3 Å². The summed E-state index contributed by atoms with van der Waals surface area (Å²) in [4.78, 5) is 0. The van der Waals surface area contributed by atoms with E-state index in [-0.39, 0.29) is 17.3 Å². The van der Waals surface area contributed by atoms with Gasteiger partial charge in [-0.15, -0.1) is 0 Å². The van der Waals surface area contributed by atoms with E-state index in [9.17, 15) is 8.78 Å². The van der Waals surface area contributed by atoms with Crippen molar-refractivity contribution in [1.82, 2.24) is 0 Å². The topological polar surface area (TPSA) is 35.2 Å². The summed E-state index contributed by atoms with van der Waals surface area (Å²) >= 11 is 0. The van der Waals surface area contributed by atoms with Crippen LogP contribution in [0.25, 0.3) is 0 Å². The molecule has 0 heterocycles. The van der Waals surface area contributed by atoms with Crippen LogP contribution in [0, 0.1) is 11.6 Å². The van der Waals surface area contributed by atoms with Crippen LogP contribution >= 0.6 is 0 Å². The van der Waals surface area contributed by atoms with Gasteiger partial charge in [-0.05, 0) is 35.8 Å². The summed E-state index contributed by atoms with van der Waals surface area (Å²) in [7, 11) is -2.25. The fraction of sp³-hybridized carbons (Fsp3) is 0.538. The fourth-order valence-corrected chi connectivity index (χ4v) is 2.25. The lowest BCUT2D eigenvalue weighted by molar-refractivity contribution is 0.423. The molecule has 0 saturated heterocycles. The number of hydrogen-bond donors (Lipinski definition) is 1. The molecule has 18 heavy (non-hydrogen) atoms. The van der Waals surface area contributed by atoms with Crippen LogP contribution in [0.15, 0.2) is 12.1 Å². The summed E-state index contributed by atoms with van der Waals surface area (Å²) in [5.74, 6) is -1.64. The standard InChI is InChI=1S/C13H21F2NOSi/c1-13(2,3)18(4,5)17-12-10(14)6-9(8-16)7-11(12)15/h6-7H,8,16H2,1-5H3. The smallest absolute Gasteiger partial charge is 0.250 e. The molecule has 0 atom stereocenters. The molecule has 1 rings (SSSR count). The third kappa shape index (κ3) is 3.08. The van der Waals surface area contributed by atoms with E-state index >= 15 is 0 Å². The predicted octanol–water partition coefficient (Wildman–Crippen LogP) is 3.81. The van der Waals surface area contributed by atoms with Crippen molar-refractivity contribution in [2.75, 3.05) is 0 Å². The minimum Gasteiger partial charge on any atom is -0.540 e. The Morgan fingerprint density at radius 1 is 1.17 bits per heavy atom. The molecule has 0 radical (unpaired) electrons. The second-order valence-electron chi connectivity index (χ2n) is 5.96. The first kappa shape index (κ1) is 15.1. The van der Waals surface area contributed by atoms with E-state index in [1.165, 1.54) is 12.1 Å². The van der Waals surface area contributed by atoms with Crippen LogP contribution < -0.4 is 10.2 Å². The Hall–Kier alpha value is -0.943. The second-order valence-corrected chi connectivity index (χ2v) is 10.7. The molecule has 102 valence electrons. The molecule has 0 fully saturated rings. The van der Waals surface area contributed by atoms with Gasteiger partial charge in [0, 0.05) is 6.54 Å². The van der Waals surface area contributed by atoms with Gasteiger partial charge in [-0.3, -0.25) is 0 Å². The number of rotatable bonds is 3. The van der Waals surface area contributed by atoms with Crippen LogP contribution in [0.3, 0.4) is 0 Å². The highest BCUT2D eigenvalue weighted by molar-refractivity contribution is 6.74. The third-order valence-electron chi connectivity index (χ3n) is 3.46. The van der Waals surface area contributed by atoms with E-state index in [1.54, 1.807) is 0 Å². The highest BCUT2D eigenvalue weighted by atomic mass is 28.4. The molecular weight excluding hydrogens is 252 g/mol. The predicted molar refractivity (Wildman–Crippen MR) is 72.1 cm³/mol. The highest BCUT2D eigenvalue weighted by Crippen LogP contribution is 2.38. The van der Waals surface area contributed by atoms with E-state index in [2.05, 4.69) is 0 Å². The van der Waals surface area contributed by atoms with Crippen molar-refractivity contribution in [3.63, 3.8) is 0 Å². The lowest BCUT2D eigenvalue weighted by Gasteiger charge is -2.36. The van der Waals surface area contributed by atoms with Gasteiger partial charge in [-0.1, -0.05) is 20.8 Å². The van der Waals surface area contributed by atoms with Crippen LogP contribution in [0.4, 0.5) is 8.78 Å². The Labute approximate surface area is 108 Å². The van der Waals surface area contributed by atoms with E-state index in [0.29, 0.717) is 5.56 Å².